The van der Waals surface area contributed by atoms with Gasteiger partial charge in [-0.05, 0) is 28.4 Å². The van der Waals surface area contributed by atoms with Gasteiger partial charge < -0.3 is 15.2 Å². The van der Waals surface area contributed by atoms with E-state index in [1.165, 1.54) is 4.88 Å². The van der Waals surface area contributed by atoms with Gasteiger partial charge in [0.05, 0.1) is 12.2 Å². The fourth-order valence-electron chi connectivity index (χ4n) is 2.15. The summed E-state index contributed by atoms with van der Waals surface area (Å²) in [6.07, 6.45) is 1.72. The molecule has 0 atom stereocenters. The molecule has 2 aromatic rings. The summed E-state index contributed by atoms with van der Waals surface area (Å²) >= 11 is 5.18. The minimum atomic E-state index is 0.670. The number of hydrogen-bond acceptors (Lipinski definition) is 4. The van der Waals surface area contributed by atoms with E-state index in [1.54, 1.807) is 18.4 Å². The zero-order valence-corrected chi connectivity index (χ0v) is 15.5. The second-order valence-corrected chi connectivity index (χ2v) is 6.66. The van der Waals surface area contributed by atoms with Crippen LogP contribution in [0.2, 0.25) is 0 Å². The highest BCUT2D eigenvalue weighted by Crippen LogP contribution is 2.19. The van der Waals surface area contributed by atoms with Crippen LogP contribution in [0.5, 0.6) is 0 Å². The van der Waals surface area contributed by atoms with Crippen molar-refractivity contribution in [2.24, 2.45) is 4.99 Å². The first-order valence-electron chi connectivity index (χ1n) is 7.31. The van der Waals surface area contributed by atoms with E-state index >= 15 is 0 Å². The van der Waals surface area contributed by atoms with Gasteiger partial charge in [0.15, 0.2) is 5.96 Å². The van der Waals surface area contributed by atoms with Gasteiger partial charge in [0, 0.05) is 40.3 Å². The van der Waals surface area contributed by atoms with E-state index in [9.17, 15) is 0 Å². The maximum Gasteiger partial charge on any atom is 0.191 e. The van der Waals surface area contributed by atoms with Crippen LogP contribution in [0.25, 0.3) is 0 Å². The summed E-state index contributed by atoms with van der Waals surface area (Å²) in [7, 11) is 1.77. The molecular formula is C15H21BrN4OS. The molecule has 0 fully saturated rings. The molecule has 5 nitrogen and oxygen atoms in total. The number of halogens is 1. The first-order chi connectivity index (χ1) is 10.7. The molecule has 0 amide bonds. The Kier molecular flexibility index (Phi) is 6.45. The molecule has 0 radical (unpaired) electrons. The number of guanidine groups is 1. The largest absolute Gasteiger partial charge is 0.361 e. The lowest BCUT2D eigenvalue weighted by Gasteiger charge is -2.11. The Bertz CT molecular complexity index is 614. The monoisotopic (exact) mass is 384 g/mol. The highest BCUT2D eigenvalue weighted by Gasteiger charge is 2.13. The molecule has 0 bridgehead atoms. The van der Waals surface area contributed by atoms with Gasteiger partial charge in [-0.15, -0.1) is 11.3 Å². The second-order valence-electron chi connectivity index (χ2n) is 4.75. The quantitative estimate of drug-likeness (QED) is 0.590. The van der Waals surface area contributed by atoms with Crippen LogP contribution in [0.3, 0.4) is 0 Å². The van der Waals surface area contributed by atoms with E-state index in [1.807, 2.05) is 0 Å². The topological polar surface area (TPSA) is 62.5 Å². The molecule has 2 rings (SSSR count). The van der Waals surface area contributed by atoms with Crippen LogP contribution < -0.4 is 10.6 Å². The third-order valence-electron chi connectivity index (χ3n) is 3.32. The molecule has 0 aromatic carbocycles. The molecule has 0 saturated carbocycles. The second kappa shape index (κ2) is 8.33. The van der Waals surface area contributed by atoms with Crippen LogP contribution in [0.4, 0.5) is 0 Å². The molecule has 0 aliphatic heterocycles. The van der Waals surface area contributed by atoms with Gasteiger partial charge in [0.1, 0.15) is 5.76 Å². The molecule has 0 aliphatic carbocycles. The average molecular weight is 385 g/mol. The predicted molar refractivity (Wildman–Crippen MR) is 94.3 cm³/mol. The van der Waals surface area contributed by atoms with Gasteiger partial charge in [-0.1, -0.05) is 19.0 Å². The van der Waals surface area contributed by atoms with Crippen molar-refractivity contribution in [1.29, 1.82) is 0 Å². The summed E-state index contributed by atoms with van der Waals surface area (Å²) in [4.78, 5) is 5.51. The standard InChI is InChI=1S/C15H21BrN4OS/c1-4-13-12(14(5-2)21-20-13)8-19-15(17-3)18-7-11-6-10(16)9-22-11/h6,9H,4-5,7-8H2,1-3H3,(H2,17,18,19). The van der Waals surface area contributed by atoms with Gasteiger partial charge in [-0.2, -0.15) is 0 Å². The van der Waals surface area contributed by atoms with Gasteiger partial charge in [0.25, 0.3) is 0 Å². The Labute approximate surface area is 143 Å². The van der Waals surface area contributed by atoms with Gasteiger partial charge in [0.2, 0.25) is 0 Å². The molecule has 0 spiro atoms. The smallest absolute Gasteiger partial charge is 0.191 e. The fraction of sp³-hybridized carbons (Fsp3) is 0.467. The Morgan fingerprint density at radius 3 is 2.68 bits per heavy atom. The van der Waals surface area contributed by atoms with Gasteiger partial charge in [-0.3, -0.25) is 4.99 Å². The molecule has 120 valence electrons. The molecule has 22 heavy (non-hydrogen) atoms. The zero-order chi connectivity index (χ0) is 15.9. The van der Waals surface area contributed by atoms with E-state index in [0.717, 1.165) is 46.8 Å². The molecule has 2 N–H and O–H groups in total. The molecule has 2 aromatic heterocycles. The lowest BCUT2D eigenvalue weighted by Crippen LogP contribution is -2.36. The van der Waals surface area contributed by atoms with E-state index < -0.39 is 0 Å². The molecule has 0 unspecified atom stereocenters. The van der Waals surface area contributed by atoms with Crippen LogP contribution in [0.15, 0.2) is 25.4 Å². The third-order valence-corrected chi connectivity index (χ3v) is 5.01. The van der Waals surface area contributed by atoms with Crippen molar-refractivity contribution in [3.8, 4) is 0 Å². The summed E-state index contributed by atoms with van der Waals surface area (Å²) in [5, 5.41) is 12.8. The number of nitrogens with zero attached hydrogens (tertiary/aromatic N) is 2. The minimum absolute atomic E-state index is 0.670. The van der Waals surface area contributed by atoms with Crippen molar-refractivity contribution in [3.63, 3.8) is 0 Å². The maximum absolute atomic E-state index is 5.38. The number of hydrogen-bond donors (Lipinski definition) is 2. The average Bonchev–Trinajstić information content (AvgIpc) is 3.13. The third kappa shape index (κ3) is 4.33. The highest BCUT2D eigenvalue weighted by molar-refractivity contribution is 9.10. The van der Waals surface area contributed by atoms with E-state index in [4.69, 9.17) is 4.52 Å². The van der Waals surface area contributed by atoms with Gasteiger partial charge in [-0.25, -0.2) is 0 Å². The van der Waals surface area contributed by atoms with Crippen molar-refractivity contribution < 1.29 is 4.52 Å². The van der Waals surface area contributed by atoms with Crippen molar-refractivity contribution in [1.82, 2.24) is 15.8 Å². The number of aliphatic imine (C=N–C) groups is 1. The normalized spacial score (nSPS) is 11.7. The van der Waals surface area contributed by atoms with Crippen molar-refractivity contribution in [2.45, 2.75) is 39.8 Å². The van der Waals surface area contributed by atoms with Crippen LogP contribution in [-0.2, 0) is 25.9 Å². The minimum Gasteiger partial charge on any atom is -0.361 e. The number of aryl methyl sites for hydroxylation is 2. The van der Waals surface area contributed by atoms with Crippen molar-refractivity contribution >= 4 is 33.2 Å². The van der Waals surface area contributed by atoms with Crippen LogP contribution in [0, 0.1) is 0 Å². The summed E-state index contributed by atoms with van der Waals surface area (Å²) in [5.41, 5.74) is 2.16. The van der Waals surface area contributed by atoms with E-state index in [0.29, 0.717) is 6.54 Å². The lowest BCUT2D eigenvalue weighted by molar-refractivity contribution is 0.380. The SMILES string of the molecule is CCc1noc(CC)c1CNC(=NC)NCc1cc(Br)cs1. The molecule has 2 heterocycles. The van der Waals surface area contributed by atoms with Crippen molar-refractivity contribution in [2.75, 3.05) is 7.05 Å². The summed E-state index contributed by atoms with van der Waals surface area (Å²) in [6.45, 7) is 5.58. The fourth-order valence-corrected chi connectivity index (χ4v) is 3.54. The van der Waals surface area contributed by atoms with Crippen molar-refractivity contribution in [3.05, 3.63) is 37.8 Å². The Balaban J connectivity index is 1.92. The summed E-state index contributed by atoms with van der Waals surface area (Å²) in [6, 6.07) is 2.11. The van der Waals surface area contributed by atoms with Crippen LogP contribution in [-0.4, -0.2) is 18.2 Å². The number of rotatable bonds is 6. The first-order valence-corrected chi connectivity index (χ1v) is 8.98. The van der Waals surface area contributed by atoms with Crippen LogP contribution in [0.1, 0.15) is 35.7 Å². The first kappa shape index (κ1) is 17.0. The van der Waals surface area contributed by atoms with Crippen LogP contribution >= 0.6 is 27.3 Å². The van der Waals surface area contributed by atoms with Gasteiger partial charge >= 0.3 is 0 Å². The number of thiophene rings is 1. The molecular weight excluding hydrogens is 364 g/mol. The Morgan fingerprint density at radius 2 is 2.09 bits per heavy atom. The predicted octanol–water partition coefficient (Wildman–Crippen LogP) is 3.49. The maximum atomic E-state index is 5.38. The van der Waals surface area contributed by atoms with E-state index in [-0.39, 0.29) is 0 Å². The molecule has 0 aliphatic rings. The lowest BCUT2D eigenvalue weighted by atomic mass is 10.1. The molecule has 0 saturated heterocycles. The molecule has 7 heteroatoms. The number of aromatic nitrogens is 1. The Morgan fingerprint density at radius 1 is 1.32 bits per heavy atom. The number of nitrogens with one attached hydrogen (secondary N) is 2. The highest BCUT2D eigenvalue weighted by atomic mass is 79.9. The summed E-state index contributed by atoms with van der Waals surface area (Å²) in [5.74, 6) is 1.72. The Hall–Kier alpha value is -1.34. The van der Waals surface area contributed by atoms with E-state index in [2.05, 4.69) is 62.0 Å². The summed E-state index contributed by atoms with van der Waals surface area (Å²) < 4.78 is 6.49. The zero-order valence-electron chi connectivity index (χ0n) is 13.1.